The predicted molar refractivity (Wildman–Crippen MR) is 121 cm³/mol. The van der Waals surface area contributed by atoms with E-state index < -0.39 is 6.10 Å². The number of hydrogen-bond acceptors (Lipinski definition) is 6. The molecule has 31 heavy (non-hydrogen) atoms. The van der Waals surface area contributed by atoms with Gasteiger partial charge in [0.25, 0.3) is 0 Å². The first-order valence-corrected chi connectivity index (χ1v) is 11.9. The van der Waals surface area contributed by atoms with Crippen LogP contribution in [0.5, 0.6) is 5.75 Å². The molecule has 0 saturated carbocycles. The van der Waals surface area contributed by atoms with Crippen LogP contribution >= 0.6 is 23.1 Å². The van der Waals surface area contributed by atoms with Crippen LogP contribution in [0.2, 0.25) is 0 Å². The molecule has 2 aromatic heterocycles. The van der Waals surface area contributed by atoms with Gasteiger partial charge in [-0.15, -0.1) is 16.4 Å². The van der Waals surface area contributed by atoms with Crippen LogP contribution in [0.3, 0.4) is 0 Å². The Kier molecular flexibility index (Phi) is 4.36. The van der Waals surface area contributed by atoms with E-state index in [2.05, 4.69) is 16.4 Å². The van der Waals surface area contributed by atoms with Gasteiger partial charge in [0.05, 0.1) is 5.70 Å². The van der Waals surface area contributed by atoms with Gasteiger partial charge in [0.15, 0.2) is 6.10 Å². The molecule has 0 fully saturated rings. The van der Waals surface area contributed by atoms with Crippen molar-refractivity contribution in [3.8, 4) is 5.75 Å². The molecule has 1 N–H and O–H groups in total. The molecule has 0 spiro atoms. The van der Waals surface area contributed by atoms with Crippen molar-refractivity contribution in [3.05, 3.63) is 93.4 Å². The lowest BCUT2D eigenvalue weighted by Crippen LogP contribution is -2.32. The Morgan fingerprint density at radius 2 is 1.94 bits per heavy atom. The van der Waals surface area contributed by atoms with Gasteiger partial charge in [-0.25, -0.2) is 9.07 Å². The molecule has 0 amide bonds. The van der Waals surface area contributed by atoms with Crippen LogP contribution in [0, 0.1) is 5.82 Å². The first kappa shape index (κ1) is 18.7. The maximum absolute atomic E-state index is 15.0. The van der Waals surface area contributed by atoms with Gasteiger partial charge in [-0.1, -0.05) is 48.2 Å². The van der Waals surface area contributed by atoms with Crippen molar-refractivity contribution < 1.29 is 9.13 Å². The highest BCUT2D eigenvalue weighted by Crippen LogP contribution is 2.51. The fourth-order valence-electron chi connectivity index (χ4n) is 4.21. The van der Waals surface area contributed by atoms with E-state index in [9.17, 15) is 4.39 Å². The van der Waals surface area contributed by atoms with E-state index in [1.54, 1.807) is 23.5 Å². The quantitative estimate of drug-likeness (QED) is 0.404. The number of thiophene rings is 1. The number of halogens is 1. The molecule has 2 aliphatic heterocycles. The van der Waals surface area contributed by atoms with E-state index in [0.717, 1.165) is 21.7 Å². The highest BCUT2D eigenvalue weighted by atomic mass is 32.2. The number of thioether (sulfide) groups is 1. The van der Waals surface area contributed by atoms with Gasteiger partial charge in [-0.05, 0) is 35.9 Å². The molecule has 0 bridgehead atoms. The first-order valence-electron chi connectivity index (χ1n) is 9.80. The van der Waals surface area contributed by atoms with E-state index in [1.165, 1.54) is 17.8 Å². The molecule has 0 radical (unpaired) electrons. The monoisotopic (exact) mass is 448 g/mol. The Labute approximate surface area is 186 Å². The molecular formula is C23H17FN4OS2. The molecule has 2 aromatic carbocycles. The van der Waals surface area contributed by atoms with E-state index in [1.807, 2.05) is 52.7 Å². The molecule has 4 heterocycles. The lowest BCUT2D eigenvalue weighted by atomic mass is 9.87. The lowest BCUT2D eigenvalue weighted by Gasteiger charge is -2.38. The Morgan fingerprint density at radius 3 is 2.74 bits per heavy atom. The lowest BCUT2D eigenvalue weighted by molar-refractivity contribution is 0.218. The Hall–Kier alpha value is -3.10. The number of ether oxygens (including phenoxy) is 1. The van der Waals surface area contributed by atoms with Crippen LogP contribution in [0.1, 0.15) is 28.1 Å². The number of aromatic nitrogens is 3. The van der Waals surface area contributed by atoms with Crippen molar-refractivity contribution >= 4 is 34.7 Å². The molecule has 2 aliphatic rings. The van der Waals surface area contributed by atoms with Crippen molar-refractivity contribution in [2.45, 2.75) is 17.3 Å². The van der Waals surface area contributed by atoms with Gasteiger partial charge in [0.2, 0.25) is 11.1 Å². The summed E-state index contributed by atoms with van der Waals surface area (Å²) in [6.45, 7) is 0. The van der Waals surface area contributed by atoms with Gasteiger partial charge >= 0.3 is 0 Å². The van der Waals surface area contributed by atoms with E-state index in [-0.39, 0.29) is 11.9 Å². The summed E-state index contributed by atoms with van der Waals surface area (Å²) in [5.74, 6) is 1.09. The van der Waals surface area contributed by atoms with Crippen LogP contribution < -0.4 is 10.1 Å². The standard InChI is InChI=1S/C23H17FN4OS2/c1-30-23-26-22-25-19-14-8-3-5-10-16(14)29-21(13-7-2-4-9-15(13)24)18(19)20(28(22)27-23)17-11-6-12-31-17/h2-12,20-21H,1H3,(H,25,26,27)/t20-,21+/m0/s1. The highest BCUT2D eigenvalue weighted by Gasteiger charge is 2.42. The van der Waals surface area contributed by atoms with Crippen molar-refractivity contribution in [3.63, 3.8) is 0 Å². The van der Waals surface area contributed by atoms with Crippen molar-refractivity contribution in [1.29, 1.82) is 0 Å². The Balaban J connectivity index is 1.65. The molecule has 8 heteroatoms. The smallest absolute Gasteiger partial charge is 0.227 e. The highest BCUT2D eigenvalue weighted by molar-refractivity contribution is 7.98. The molecule has 6 rings (SSSR count). The number of para-hydroxylation sites is 1. The number of fused-ring (bicyclic) bond motifs is 3. The summed E-state index contributed by atoms with van der Waals surface area (Å²) in [7, 11) is 0. The first-order chi connectivity index (χ1) is 15.2. The SMILES string of the molecule is CSc1nc2n(n1)[C@@H](c1cccs1)C1=C(N2)c2ccccc2O[C@@H]1c1ccccc1F. The van der Waals surface area contributed by atoms with E-state index in [4.69, 9.17) is 9.84 Å². The third-order valence-corrected chi connectivity index (χ3v) is 7.01. The van der Waals surface area contributed by atoms with Crippen molar-refractivity contribution in [2.75, 3.05) is 11.6 Å². The summed E-state index contributed by atoms with van der Waals surface area (Å²) >= 11 is 3.13. The number of rotatable bonds is 3. The summed E-state index contributed by atoms with van der Waals surface area (Å²) in [6.07, 6.45) is 1.36. The van der Waals surface area contributed by atoms with E-state index in [0.29, 0.717) is 22.4 Å². The molecular weight excluding hydrogens is 431 g/mol. The van der Waals surface area contributed by atoms with Crippen LogP contribution in [-0.4, -0.2) is 21.0 Å². The normalized spacial score (nSPS) is 19.2. The molecule has 0 saturated heterocycles. The minimum atomic E-state index is -0.597. The predicted octanol–water partition coefficient (Wildman–Crippen LogP) is 5.76. The number of nitrogens with one attached hydrogen (secondary N) is 1. The number of nitrogens with zero attached hydrogens (tertiary/aromatic N) is 3. The van der Waals surface area contributed by atoms with E-state index >= 15 is 0 Å². The number of anilines is 1. The van der Waals surface area contributed by atoms with Crippen molar-refractivity contribution in [1.82, 2.24) is 14.8 Å². The van der Waals surface area contributed by atoms with Gasteiger partial charge in [0, 0.05) is 21.6 Å². The third kappa shape index (κ3) is 2.90. The third-order valence-electron chi connectivity index (χ3n) is 5.54. The number of hydrogen-bond donors (Lipinski definition) is 1. The van der Waals surface area contributed by atoms with Gasteiger partial charge in [-0.2, -0.15) is 4.98 Å². The minimum Gasteiger partial charge on any atom is -0.480 e. The van der Waals surface area contributed by atoms with Crippen LogP contribution in [-0.2, 0) is 0 Å². The van der Waals surface area contributed by atoms with Gasteiger partial charge in [-0.3, -0.25) is 0 Å². The average Bonchev–Trinajstić information content (AvgIpc) is 3.47. The zero-order valence-corrected chi connectivity index (χ0v) is 18.1. The number of benzene rings is 2. The van der Waals surface area contributed by atoms with Crippen molar-refractivity contribution in [2.24, 2.45) is 0 Å². The average molecular weight is 449 g/mol. The molecule has 2 atom stereocenters. The molecule has 4 aromatic rings. The maximum Gasteiger partial charge on any atom is 0.227 e. The fraction of sp³-hybridized carbons (Fsp3) is 0.130. The fourth-order valence-corrected chi connectivity index (χ4v) is 5.39. The van der Waals surface area contributed by atoms with Gasteiger partial charge in [0.1, 0.15) is 17.6 Å². The maximum atomic E-state index is 15.0. The van der Waals surface area contributed by atoms with Gasteiger partial charge < -0.3 is 10.1 Å². The van der Waals surface area contributed by atoms with Crippen LogP contribution in [0.15, 0.2) is 76.8 Å². The zero-order chi connectivity index (χ0) is 20.9. The zero-order valence-electron chi connectivity index (χ0n) is 16.4. The van der Waals surface area contributed by atoms with Crippen LogP contribution in [0.4, 0.5) is 10.3 Å². The largest absolute Gasteiger partial charge is 0.480 e. The van der Waals surface area contributed by atoms with Crippen LogP contribution in [0.25, 0.3) is 5.70 Å². The molecule has 0 aliphatic carbocycles. The Bertz CT molecular complexity index is 1310. The summed E-state index contributed by atoms with van der Waals surface area (Å²) in [5, 5.41) is 10.9. The molecule has 154 valence electrons. The second-order valence-electron chi connectivity index (χ2n) is 7.26. The Morgan fingerprint density at radius 1 is 1.10 bits per heavy atom. The second-order valence-corrected chi connectivity index (χ2v) is 9.01. The second kappa shape index (κ2) is 7.25. The molecule has 0 unspecified atom stereocenters. The molecule has 5 nitrogen and oxygen atoms in total. The minimum absolute atomic E-state index is 0.252. The summed E-state index contributed by atoms with van der Waals surface area (Å²) < 4.78 is 23.3. The summed E-state index contributed by atoms with van der Waals surface area (Å²) in [5.41, 5.74) is 3.27. The topological polar surface area (TPSA) is 52.0 Å². The summed E-state index contributed by atoms with van der Waals surface area (Å²) in [6, 6.07) is 18.5. The summed E-state index contributed by atoms with van der Waals surface area (Å²) in [4.78, 5) is 5.76.